The highest BCUT2D eigenvalue weighted by Gasteiger charge is 2.28. The summed E-state index contributed by atoms with van der Waals surface area (Å²) < 4.78 is 2.27. The van der Waals surface area contributed by atoms with E-state index in [9.17, 15) is 4.79 Å². The van der Waals surface area contributed by atoms with Crippen molar-refractivity contribution in [2.75, 3.05) is 5.75 Å². The normalized spacial score (nSPS) is 17.5. The lowest BCUT2D eigenvalue weighted by atomic mass is 9.80. The van der Waals surface area contributed by atoms with Crippen LogP contribution in [-0.2, 0) is 4.79 Å². The van der Waals surface area contributed by atoms with Crippen molar-refractivity contribution in [2.45, 2.75) is 57.1 Å². The Hall–Kier alpha value is -0.970. The quantitative estimate of drug-likeness (QED) is 0.811. The standard InChI is InChI=1S/C14H22N2O2S/c1-9(2)12-7-15-14(19-8-13(17)18)16(12)10(3)11-5-4-6-11/h7,9-11H,4-6,8H2,1-3H3,(H,17,18). The summed E-state index contributed by atoms with van der Waals surface area (Å²) in [6.07, 6.45) is 5.78. The third-order valence-corrected chi connectivity index (χ3v) is 4.90. The van der Waals surface area contributed by atoms with Crippen molar-refractivity contribution in [3.63, 3.8) is 0 Å². The Balaban J connectivity index is 2.24. The number of hydrogen-bond acceptors (Lipinski definition) is 3. The molecule has 1 fully saturated rings. The summed E-state index contributed by atoms with van der Waals surface area (Å²) in [6, 6.07) is 0.421. The molecule has 0 saturated heterocycles. The summed E-state index contributed by atoms with van der Waals surface area (Å²) in [5.74, 6) is 0.415. The second-order valence-corrected chi connectivity index (χ2v) is 6.55. The lowest BCUT2D eigenvalue weighted by molar-refractivity contribution is -0.133. The van der Waals surface area contributed by atoms with Crippen LogP contribution in [0.5, 0.6) is 0 Å². The van der Waals surface area contributed by atoms with Gasteiger partial charge in [0.05, 0.1) is 5.75 Å². The molecule has 1 aliphatic rings. The third kappa shape index (κ3) is 3.14. The molecule has 1 heterocycles. The van der Waals surface area contributed by atoms with Crippen molar-refractivity contribution in [3.05, 3.63) is 11.9 Å². The van der Waals surface area contributed by atoms with Crippen molar-refractivity contribution in [2.24, 2.45) is 5.92 Å². The Morgan fingerprint density at radius 1 is 1.53 bits per heavy atom. The van der Waals surface area contributed by atoms with E-state index in [1.54, 1.807) is 0 Å². The minimum absolute atomic E-state index is 0.0753. The van der Waals surface area contributed by atoms with Crippen LogP contribution >= 0.6 is 11.8 Å². The number of carboxylic acid groups (broad SMARTS) is 1. The fraction of sp³-hybridized carbons (Fsp3) is 0.714. The van der Waals surface area contributed by atoms with Crippen LogP contribution in [0, 0.1) is 5.92 Å². The number of carbonyl (C=O) groups is 1. The van der Waals surface area contributed by atoms with Crippen LogP contribution in [0.15, 0.2) is 11.4 Å². The molecule has 0 radical (unpaired) electrons. The van der Waals surface area contributed by atoms with Gasteiger partial charge in [-0.3, -0.25) is 4.79 Å². The Bertz CT molecular complexity index is 452. The molecule has 0 spiro atoms. The van der Waals surface area contributed by atoms with E-state index in [1.165, 1.54) is 36.7 Å². The number of aliphatic carboxylic acids is 1. The SMILES string of the molecule is CC(C)c1cnc(SCC(=O)O)n1C(C)C1CCC1. The summed E-state index contributed by atoms with van der Waals surface area (Å²) in [5, 5.41) is 9.68. The topological polar surface area (TPSA) is 55.1 Å². The number of carboxylic acids is 1. The van der Waals surface area contributed by atoms with Crippen LogP contribution in [0.1, 0.15) is 57.7 Å². The minimum atomic E-state index is -0.790. The lowest BCUT2D eigenvalue weighted by Crippen LogP contribution is -2.25. The number of nitrogens with zero attached hydrogens (tertiary/aromatic N) is 2. The molecule has 1 atom stereocenters. The highest BCUT2D eigenvalue weighted by Crippen LogP contribution is 2.39. The molecule has 0 aliphatic heterocycles. The fourth-order valence-corrected chi connectivity index (χ4v) is 3.35. The summed E-state index contributed by atoms with van der Waals surface area (Å²) in [4.78, 5) is 15.2. The van der Waals surface area contributed by atoms with Gasteiger partial charge < -0.3 is 9.67 Å². The molecule has 1 unspecified atom stereocenters. The first kappa shape index (κ1) is 14.4. The molecule has 2 rings (SSSR count). The maximum atomic E-state index is 10.7. The van der Waals surface area contributed by atoms with Gasteiger partial charge in [0.2, 0.25) is 0 Å². The van der Waals surface area contributed by atoms with Crippen molar-refractivity contribution < 1.29 is 9.90 Å². The molecule has 1 N–H and O–H groups in total. The van der Waals surface area contributed by atoms with Gasteiger partial charge in [0.1, 0.15) is 0 Å². The van der Waals surface area contributed by atoms with Gasteiger partial charge in [-0.1, -0.05) is 32.0 Å². The molecular formula is C14H22N2O2S. The van der Waals surface area contributed by atoms with E-state index in [4.69, 9.17) is 5.11 Å². The Labute approximate surface area is 118 Å². The van der Waals surface area contributed by atoms with Gasteiger partial charge in [0, 0.05) is 17.9 Å². The first-order chi connectivity index (χ1) is 9.00. The Morgan fingerprint density at radius 3 is 2.68 bits per heavy atom. The fourth-order valence-electron chi connectivity index (χ4n) is 2.56. The molecule has 5 heteroatoms. The average molecular weight is 282 g/mol. The smallest absolute Gasteiger partial charge is 0.313 e. The van der Waals surface area contributed by atoms with Crippen LogP contribution in [0.3, 0.4) is 0 Å². The number of aromatic nitrogens is 2. The molecule has 19 heavy (non-hydrogen) atoms. The molecule has 1 saturated carbocycles. The summed E-state index contributed by atoms with van der Waals surface area (Å²) in [7, 11) is 0. The molecule has 1 aromatic rings. The molecule has 1 aromatic heterocycles. The van der Waals surface area contributed by atoms with Crippen LogP contribution in [0.4, 0.5) is 0 Å². The molecule has 0 bridgehead atoms. The third-order valence-electron chi connectivity index (χ3n) is 3.95. The highest BCUT2D eigenvalue weighted by atomic mass is 32.2. The number of thioether (sulfide) groups is 1. The first-order valence-electron chi connectivity index (χ1n) is 6.92. The van der Waals surface area contributed by atoms with Crippen molar-refractivity contribution in [1.82, 2.24) is 9.55 Å². The maximum absolute atomic E-state index is 10.7. The Kier molecular flexibility index (Phi) is 4.55. The zero-order valence-electron chi connectivity index (χ0n) is 11.8. The van der Waals surface area contributed by atoms with Crippen LogP contribution in [0.25, 0.3) is 0 Å². The highest BCUT2D eigenvalue weighted by molar-refractivity contribution is 7.99. The average Bonchev–Trinajstić information content (AvgIpc) is 2.67. The predicted octanol–water partition coefficient (Wildman–Crippen LogP) is 3.54. The number of rotatable bonds is 6. The first-order valence-corrected chi connectivity index (χ1v) is 7.91. The van der Waals surface area contributed by atoms with Gasteiger partial charge in [-0.2, -0.15) is 0 Å². The second kappa shape index (κ2) is 5.99. The second-order valence-electron chi connectivity index (χ2n) is 5.60. The zero-order chi connectivity index (χ0) is 14.0. The monoisotopic (exact) mass is 282 g/mol. The van der Waals surface area contributed by atoms with Crippen molar-refractivity contribution in [1.29, 1.82) is 0 Å². The van der Waals surface area contributed by atoms with Gasteiger partial charge >= 0.3 is 5.97 Å². The van der Waals surface area contributed by atoms with E-state index in [-0.39, 0.29) is 5.75 Å². The molecule has 0 amide bonds. The zero-order valence-corrected chi connectivity index (χ0v) is 12.6. The molecule has 4 nitrogen and oxygen atoms in total. The lowest BCUT2D eigenvalue weighted by Gasteiger charge is -2.34. The van der Waals surface area contributed by atoms with E-state index in [1.807, 2.05) is 6.20 Å². The van der Waals surface area contributed by atoms with Crippen molar-refractivity contribution >= 4 is 17.7 Å². The van der Waals surface area contributed by atoms with Crippen LogP contribution < -0.4 is 0 Å². The van der Waals surface area contributed by atoms with E-state index in [0.29, 0.717) is 12.0 Å². The minimum Gasteiger partial charge on any atom is -0.481 e. The van der Waals surface area contributed by atoms with Gasteiger partial charge in [0.25, 0.3) is 0 Å². The molecule has 1 aliphatic carbocycles. The molecule has 106 valence electrons. The maximum Gasteiger partial charge on any atom is 0.313 e. The largest absolute Gasteiger partial charge is 0.481 e. The summed E-state index contributed by atoms with van der Waals surface area (Å²) >= 11 is 1.33. The van der Waals surface area contributed by atoms with Gasteiger partial charge in [-0.05, 0) is 31.6 Å². The van der Waals surface area contributed by atoms with Crippen molar-refractivity contribution in [3.8, 4) is 0 Å². The molecule has 0 aromatic carbocycles. The predicted molar refractivity (Wildman–Crippen MR) is 76.7 cm³/mol. The van der Waals surface area contributed by atoms with Crippen LogP contribution in [-0.4, -0.2) is 26.4 Å². The summed E-state index contributed by atoms with van der Waals surface area (Å²) in [5.41, 5.74) is 1.22. The van der Waals surface area contributed by atoms with Crippen LogP contribution in [0.2, 0.25) is 0 Å². The van der Waals surface area contributed by atoms with E-state index in [0.717, 1.165) is 11.1 Å². The Morgan fingerprint density at radius 2 is 2.21 bits per heavy atom. The summed E-state index contributed by atoms with van der Waals surface area (Å²) in [6.45, 7) is 6.56. The van der Waals surface area contributed by atoms with Gasteiger partial charge in [0.15, 0.2) is 5.16 Å². The van der Waals surface area contributed by atoms with Gasteiger partial charge in [-0.25, -0.2) is 4.98 Å². The van der Waals surface area contributed by atoms with E-state index >= 15 is 0 Å². The van der Waals surface area contributed by atoms with Gasteiger partial charge in [-0.15, -0.1) is 0 Å². The number of imidazole rings is 1. The van der Waals surface area contributed by atoms with E-state index in [2.05, 4.69) is 30.3 Å². The number of hydrogen-bond donors (Lipinski definition) is 1. The van der Waals surface area contributed by atoms with E-state index < -0.39 is 5.97 Å². The molecular weight excluding hydrogens is 260 g/mol.